The van der Waals surface area contributed by atoms with Gasteiger partial charge < -0.3 is 0 Å². The van der Waals surface area contributed by atoms with E-state index in [-0.39, 0.29) is 0 Å². The van der Waals surface area contributed by atoms with Gasteiger partial charge in [0.25, 0.3) is 0 Å². The number of hydrogen-bond acceptors (Lipinski definition) is 0. The molecule has 1 atom stereocenters. The van der Waals surface area contributed by atoms with E-state index in [1.54, 1.807) is 0 Å². The summed E-state index contributed by atoms with van der Waals surface area (Å²) < 4.78 is 0. The maximum Gasteiger partial charge on any atom is -0.0193 e. The third kappa shape index (κ3) is 3.82. The van der Waals surface area contributed by atoms with Crippen LogP contribution in [0.5, 0.6) is 0 Å². The molecule has 0 aliphatic carbocycles. The average Bonchev–Trinajstić information content (AvgIpc) is 2.46. The molecule has 2 rings (SSSR count). The van der Waals surface area contributed by atoms with Gasteiger partial charge >= 0.3 is 0 Å². The lowest BCUT2D eigenvalue weighted by Crippen LogP contribution is -1.90. The summed E-state index contributed by atoms with van der Waals surface area (Å²) in [6.45, 7) is 6.62. The molecule has 0 bridgehead atoms. The van der Waals surface area contributed by atoms with Gasteiger partial charge in [0.2, 0.25) is 0 Å². The van der Waals surface area contributed by atoms with Crippen LogP contribution in [0.25, 0.3) is 12.2 Å². The van der Waals surface area contributed by atoms with Crippen LogP contribution in [0.4, 0.5) is 0 Å². The van der Waals surface area contributed by atoms with Crippen LogP contribution in [0.15, 0.2) is 48.5 Å². The third-order valence-electron chi connectivity index (χ3n) is 3.66. The Hall–Kier alpha value is -1.82. The van der Waals surface area contributed by atoms with Crippen LogP contribution in [-0.2, 0) is 0 Å². The molecule has 1 unspecified atom stereocenters. The second-order valence-electron chi connectivity index (χ2n) is 5.22. The van der Waals surface area contributed by atoms with Crippen LogP contribution < -0.4 is 0 Å². The minimum Gasteiger partial charge on any atom is -0.0648 e. The highest BCUT2D eigenvalue weighted by Gasteiger charge is 2.01. The minimum absolute atomic E-state index is 0.648. The number of rotatable bonds is 4. The Bertz CT molecular complexity index is 529. The van der Waals surface area contributed by atoms with E-state index in [4.69, 9.17) is 0 Å². The Morgan fingerprint density at radius 3 is 1.79 bits per heavy atom. The molecule has 0 amide bonds. The number of aryl methyl sites for hydroxylation is 1. The highest BCUT2D eigenvalue weighted by Crippen LogP contribution is 2.19. The highest BCUT2D eigenvalue weighted by molar-refractivity contribution is 5.69. The van der Waals surface area contributed by atoms with E-state index in [2.05, 4.69) is 81.5 Å². The van der Waals surface area contributed by atoms with Crippen LogP contribution in [0.2, 0.25) is 0 Å². The van der Waals surface area contributed by atoms with Gasteiger partial charge in [0.15, 0.2) is 0 Å². The summed E-state index contributed by atoms with van der Waals surface area (Å²) in [5.74, 6) is 0.648. The summed E-state index contributed by atoms with van der Waals surface area (Å²) >= 11 is 0. The Morgan fingerprint density at radius 1 is 0.842 bits per heavy atom. The van der Waals surface area contributed by atoms with Gasteiger partial charge in [-0.15, -0.1) is 0 Å². The SMILES string of the molecule is CCC(C)c1ccc(/C=C/c2ccc(C)cc2)cc1. The standard InChI is InChI=1S/C19H22/c1-4-16(3)19-13-11-18(12-14-19)10-9-17-7-5-15(2)6-8-17/h5-14,16H,4H2,1-3H3/b10-9+. The molecule has 2 aromatic carbocycles. The summed E-state index contributed by atoms with van der Waals surface area (Å²) in [4.78, 5) is 0. The van der Waals surface area contributed by atoms with Gasteiger partial charge in [-0.3, -0.25) is 0 Å². The molecule has 0 heterocycles. The minimum atomic E-state index is 0.648. The first-order chi connectivity index (χ1) is 9.19. The van der Waals surface area contributed by atoms with E-state index in [0.29, 0.717) is 5.92 Å². The van der Waals surface area contributed by atoms with Crippen LogP contribution in [-0.4, -0.2) is 0 Å². The van der Waals surface area contributed by atoms with E-state index >= 15 is 0 Å². The van der Waals surface area contributed by atoms with Crippen molar-refractivity contribution in [1.82, 2.24) is 0 Å². The maximum atomic E-state index is 2.27. The molecule has 0 N–H and O–H groups in total. The molecule has 0 heteroatoms. The molecule has 0 aliphatic heterocycles. The topological polar surface area (TPSA) is 0 Å². The summed E-state index contributed by atoms with van der Waals surface area (Å²) in [7, 11) is 0. The van der Waals surface area contributed by atoms with Gasteiger partial charge in [-0.25, -0.2) is 0 Å². The molecule has 2 aromatic rings. The Morgan fingerprint density at radius 2 is 1.32 bits per heavy atom. The van der Waals surface area contributed by atoms with E-state index < -0.39 is 0 Å². The van der Waals surface area contributed by atoms with Gasteiger partial charge in [-0.2, -0.15) is 0 Å². The predicted molar refractivity (Wildman–Crippen MR) is 85.3 cm³/mol. The quantitative estimate of drug-likeness (QED) is 0.612. The monoisotopic (exact) mass is 250 g/mol. The van der Waals surface area contributed by atoms with Crippen molar-refractivity contribution in [2.24, 2.45) is 0 Å². The molecule has 0 nitrogen and oxygen atoms in total. The van der Waals surface area contributed by atoms with E-state index in [9.17, 15) is 0 Å². The molecule has 0 aliphatic rings. The van der Waals surface area contributed by atoms with E-state index in [1.165, 1.54) is 28.7 Å². The molecule has 19 heavy (non-hydrogen) atoms. The summed E-state index contributed by atoms with van der Waals surface area (Å²) in [5.41, 5.74) is 5.23. The molecule has 0 spiro atoms. The maximum absolute atomic E-state index is 2.27. The first kappa shape index (κ1) is 13.6. The van der Waals surface area contributed by atoms with Gasteiger partial charge in [0.1, 0.15) is 0 Å². The van der Waals surface area contributed by atoms with Gasteiger partial charge in [0, 0.05) is 0 Å². The van der Waals surface area contributed by atoms with Crippen LogP contribution in [0.1, 0.15) is 48.4 Å². The van der Waals surface area contributed by atoms with Crippen molar-refractivity contribution in [2.75, 3.05) is 0 Å². The fourth-order valence-electron chi connectivity index (χ4n) is 2.04. The van der Waals surface area contributed by atoms with Crippen LogP contribution in [0.3, 0.4) is 0 Å². The summed E-state index contributed by atoms with van der Waals surface area (Å²) in [5, 5.41) is 0. The molecule has 0 radical (unpaired) electrons. The highest BCUT2D eigenvalue weighted by atomic mass is 14.1. The lowest BCUT2D eigenvalue weighted by atomic mass is 9.97. The summed E-state index contributed by atoms with van der Waals surface area (Å²) in [6, 6.07) is 17.5. The van der Waals surface area contributed by atoms with Crippen molar-refractivity contribution in [2.45, 2.75) is 33.1 Å². The molecule has 0 saturated carbocycles. The van der Waals surface area contributed by atoms with Crippen molar-refractivity contribution < 1.29 is 0 Å². The number of benzene rings is 2. The van der Waals surface area contributed by atoms with Gasteiger partial charge in [0.05, 0.1) is 0 Å². The molecule has 0 saturated heterocycles. The molecule has 0 fully saturated rings. The summed E-state index contributed by atoms with van der Waals surface area (Å²) in [6.07, 6.45) is 5.53. The Balaban J connectivity index is 2.09. The van der Waals surface area contributed by atoms with Crippen molar-refractivity contribution in [3.63, 3.8) is 0 Å². The zero-order valence-corrected chi connectivity index (χ0v) is 12.1. The Kier molecular flexibility index (Phi) is 4.57. The lowest BCUT2D eigenvalue weighted by Gasteiger charge is -2.08. The molecular weight excluding hydrogens is 228 g/mol. The first-order valence-corrected chi connectivity index (χ1v) is 7.03. The van der Waals surface area contributed by atoms with Gasteiger partial charge in [-0.1, -0.05) is 80.1 Å². The van der Waals surface area contributed by atoms with E-state index in [0.717, 1.165) is 0 Å². The molecule has 98 valence electrons. The fraction of sp³-hybridized carbons (Fsp3) is 0.263. The van der Waals surface area contributed by atoms with Crippen molar-refractivity contribution in [3.05, 3.63) is 70.8 Å². The average molecular weight is 250 g/mol. The number of hydrogen-bond donors (Lipinski definition) is 0. The van der Waals surface area contributed by atoms with Crippen molar-refractivity contribution in [1.29, 1.82) is 0 Å². The lowest BCUT2D eigenvalue weighted by molar-refractivity contribution is 0.733. The molecular formula is C19H22. The van der Waals surface area contributed by atoms with Crippen LogP contribution >= 0.6 is 0 Å². The Labute approximate surface area is 116 Å². The zero-order valence-electron chi connectivity index (χ0n) is 12.1. The first-order valence-electron chi connectivity index (χ1n) is 7.03. The smallest absolute Gasteiger partial charge is 0.0193 e. The van der Waals surface area contributed by atoms with Crippen molar-refractivity contribution in [3.8, 4) is 0 Å². The third-order valence-corrected chi connectivity index (χ3v) is 3.66. The van der Waals surface area contributed by atoms with Crippen molar-refractivity contribution >= 4 is 12.2 Å². The molecule has 0 aromatic heterocycles. The normalized spacial score (nSPS) is 12.8. The zero-order chi connectivity index (χ0) is 13.7. The van der Waals surface area contributed by atoms with Crippen LogP contribution in [0, 0.1) is 6.92 Å². The van der Waals surface area contributed by atoms with E-state index in [1.807, 2.05) is 0 Å². The second kappa shape index (κ2) is 6.38. The largest absolute Gasteiger partial charge is 0.0648 e. The predicted octanol–water partition coefficient (Wildman–Crippen LogP) is 5.68. The van der Waals surface area contributed by atoms with Gasteiger partial charge in [-0.05, 0) is 36.0 Å². The second-order valence-corrected chi connectivity index (χ2v) is 5.22. The fourth-order valence-corrected chi connectivity index (χ4v) is 2.04.